The van der Waals surface area contributed by atoms with E-state index in [4.69, 9.17) is 14.3 Å². The third kappa shape index (κ3) is 6.04. The molecule has 186 valence electrons. The van der Waals surface area contributed by atoms with E-state index >= 15 is 0 Å². The van der Waals surface area contributed by atoms with Gasteiger partial charge in [0.05, 0.1) is 16.3 Å². The summed E-state index contributed by atoms with van der Waals surface area (Å²) in [7, 11) is -3.12. The van der Waals surface area contributed by atoms with Gasteiger partial charge >= 0.3 is 6.18 Å². The van der Waals surface area contributed by atoms with Crippen LogP contribution in [0.3, 0.4) is 0 Å². The lowest BCUT2D eigenvalue weighted by Crippen LogP contribution is -2.21. The third-order valence-corrected chi connectivity index (χ3v) is 5.80. The van der Waals surface area contributed by atoms with E-state index in [1.54, 1.807) is 6.92 Å². The molecule has 35 heavy (non-hydrogen) atoms. The third-order valence-electron chi connectivity index (χ3n) is 4.64. The average Bonchev–Trinajstić information content (AvgIpc) is 2.74. The lowest BCUT2D eigenvalue weighted by molar-refractivity contribution is -0.142. The second-order valence-corrected chi connectivity index (χ2v) is 9.46. The first-order valence-corrected chi connectivity index (χ1v) is 12.0. The first kappa shape index (κ1) is 25.9. The molecule has 0 aliphatic rings. The summed E-state index contributed by atoms with van der Waals surface area (Å²) in [5.41, 5.74) is -2.58. The fourth-order valence-electron chi connectivity index (χ4n) is 3.04. The zero-order valence-electron chi connectivity index (χ0n) is 18.7. The molecule has 1 aromatic heterocycles. The lowest BCUT2D eigenvalue weighted by Gasteiger charge is -2.16. The Labute approximate surface area is 198 Å². The minimum absolute atomic E-state index is 0.0669. The molecule has 1 atom stereocenters. The molecule has 2 N–H and O–H groups in total. The van der Waals surface area contributed by atoms with Gasteiger partial charge in [0.25, 0.3) is 11.8 Å². The van der Waals surface area contributed by atoms with Crippen LogP contribution >= 0.6 is 0 Å². The SMILES string of the molecule is CCOc1ccc(Oc2nnc(C(F)(F)F)c(C)c2C(=O)Nc2cccc(S(C)(=N)=O)c2)c(F)c1. The molecular weight excluding hydrogens is 492 g/mol. The summed E-state index contributed by atoms with van der Waals surface area (Å²) in [5, 5.41) is 8.90. The molecule has 8 nitrogen and oxygen atoms in total. The van der Waals surface area contributed by atoms with Crippen molar-refractivity contribution < 1.29 is 36.0 Å². The van der Waals surface area contributed by atoms with Crippen molar-refractivity contribution >= 4 is 21.3 Å². The number of nitrogens with zero attached hydrogens (tertiary/aromatic N) is 2. The molecule has 2 aromatic carbocycles. The molecule has 0 bridgehead atoms. The number of rotatable bonds is 7. The smallest absolute Gasteiger partial charge is 0.435 e. The standard InChI is InChI=1S/C22H20F4N4O4S/c1-4-33-14-8-9-17(16(23)11-14)34-21-18(12(2)19(29-30-21)22(24,25)26)20(31)28-13-6-5-7-15(10-13)35(3,27)32/h5-11,27H,4H2,1-3H3,(H,28,31). The van der Waals surface area contributed by atoms with Crippen LogP contribution in [0.5, 0.6) is 17.4 Å². The molecular formula is C22H20F4N4O4S. The van der Waals surface area contributed by atoms with Gasteiger partial charge in [-0.1, -0.05) is 6.07 Å². The zero-order valence-corrected chi connectivity index (χ0v) is 19.5. The molecule has 3 rings (SSSR count). The van der Waals surface area contributed by atoms with Crippen molar-refractivity contribution in [1.29, 1.82) is 4.78 Å². The fourth-order valence-corrected chi connectivity index (χ4v) is 3.73. The van der Waals surface area contributed by atoms with Crippen LogP contribution in [-0.2, 0) is 15.9 Å². The van der Waals surface area contributed by atoms with E-state index < -0.39 is 56.1 Å². The number of carbonyl (C=O) groups is 1. The maximum Gasteiger partial charge on any atom is 0.435 e. The van der Waals surface area contributed by atoms with Crippen molar-refractivity contribution in [2.75, 3.05) is 18.2 Å². The van der Waals surface area contributed by atoms with E-state index in [2.05, 4.69) is 15.5 Å². The fraction of sp³-hybridized carbons (Fsp3) is 0.227. The van der Waals surface area contributed by atoms with Crippen LogP contribution in [0, 0.1) is 17.5 Å². The number of halogens is 4. The summed E-state index contributed by atoms with van der Waals surface area (Å²) in [6.45, 7) is 2.99. The number of hydrogen-bond donors (Lipinski definition) is 2. The normalized spacial score (nSPS) is 13.1. The molecule has 0 radical (unpaired) electrons. The second-order valence-electron chi connectivity index (χ2n) is 7.30. The minimum atomic E-state index is -4.92. The van der Waals surface area contributed by atoms with Gasteiger partial charge in [0.15, 0.2) is 17.3 Å². The van der Waals surface area contributed by atoms with Crippen LogP contribution in [0.2, 0.25) is 0 Å². The summed E-state index contributed by atoms with van der Waals surface area (Å²) >= 11 is 0. The number of nitrogens with one attached hydrogen (secondary N) is 2. The Kier molecular flexibility index (Phi) is 7.29. The number of ether oxygens (including phenoxy) is 2. The maximum absolute atomic E-state index is 14.5. The quantitative estimate of drug-likeness (QED) is 0.409. The van der Waals surface area contributed by atoms with Crippen LogP contribution in [0.1, 0.15) is 28.5 Å². The Morgan fingerprint density at radius 1 is 1.17 bits per heavy atom. The molecule has 0 saturated carbocycles. The Bertz CT molecular complexity index is 1380. The van der Waals surface area contributed by atoms with Crippen LogP contribution in [0.25, 0.3) is 0 Å². The number of hydrogen-bond acceptors (Lipinski definition) is 7. The van der Waals surface area contributed by atoms with Gasteiger partial charge in [-0.25, -0.2) is 13.4 Å². The van der Waals surface area contributed by atoms with Crippen molar-refractivity contribution in [3.8, 4) is 17.4 Å². The highest BCUT2D eigenvalue weighted by Crippen LogP contribution is 2.36. The predicted octanol–water partition coefficient (Wildman–Crippen LogP) is 5.42. The van der Waals surface area contributed by atoms with Crippen molar-refractivity contribution in [3.63, 3.8) is 0 Å². The van der Waals surface area contributed by atoms with Crippen molar-refractivity contribution in [3.05, 3.63) is 65.1 Å². The molecule has 1 unspecified atom stereocenters. The molecule has 1 heterocycles. The number of carbonyl (C=O) groups excluding carboxylic acids is 1. The number of amides is 1. The summed E-state index contributed by atoms with van der Waals surface area (Å²) in [6.07, 6.45) is -3.74. The maximum atomic E-state index is 14.5. The monoisotopic (exact) mass is 512 g/mol. The topological polar surface area (TPSA) is 114 Å². The summed E-state index contributed by atoms with van der Waals surface area (Å²) in [5.74, 6) is -2.84. The Morgan fingerprint density at radius 2 is 1.89 bits per heavy atom. The molecule has 0 spiro atoms. The molecule has 0 saturated heterocycles. The van der Waals surface area contributed by atoms with E-state index in [0.717, 1.165) is 13.0 Å². The van der Waals surface area contributed by atoms with Crippen molar-refractivity contribution in [1.82, 2.24) is 10.2 Å². The van der Waals surface area contributed by atoms with E-state index in [1.165, 1.54) is 42.7 Å². The van der Waals surface area contributed by atoms with E-state index in [-0.39, 0.29) is 22.9 Å². The molecule has 0 aliphatic carbocycles. The highest BCUT2D eigenvalue weighted by atomic mass is 32.2. The molecule has 13 heteroatoms. The van der Waals surface area contributed by atoms with E-state index in [1.807, 2.05) is 0 Å². The lowest BCUT2D eigenvalue weighted by atomic mass is 10.1. The Hall–Kier alpha value is -3.74. The largest absolute Gasteiger partial charge is 0.494 e. The van der Waals surface area contributed by atoms with Crippen molar-refractivity contribution in [2.24, 2.45) is 0 Å². The Morgan fingerprint density at radius 3 is 2.49 bits per heavy atom. The number of aromatic nitrogens is 2. The van der Waals surface area contributed by atoms with Gasteiger partial charge in [-0.15, -0.1) is 10.2 Å². The Balaban J connectivity index is 2.05. The summed E-state index contributed by atoms with van der Waals surface area (Å²) < 4.78 is 85.0. The predicted molar refractivity (Wildman–Crippen MR) is 119 cm³/mol. The van der Waals surface area contributed by atoms with Gasteiger partial charge in [0.1, 0.15) is 11.3 Å². The van der Waals surface area contributed by atoms with E-state index in [9.17, 15) is 26.6 Å². The first-order chi connectivity index (χ1) is 16.3. The van der Waals surface area contributed by atoms with Gasteiger partial charge < -0.3 is 14.8 Å². The summed E-state index contributed by atoms with van der Waals surface area (Å²) in [4.78, 5) is 13.2. The number of benzene rings is 2. The van der Waals surface area contributed by atoms with Gasteiger partial charge in [-0.2, -0.15) is 13.2 Å². The van der Waals surface area contributed by atoms with Crippen LogP contribution in [0.15, 0.2) is 47.4 Å². The van der Waals surface area contributed by atoms with Gasteiger partial charge in [0, 0.05) is 22.9 Å². The van der Waals surface area contributed by atoms with Gasteiger partial charge in [-0.05, 0) is 49.7 Å². The number of alkyl halides is 3. The van der Waals surface area contributed by atoms with Crippen LogP contribution < -0.4 is 14.8 Å². The molecule has 1 amide bonds. The summed E-state index contributed by atoms with van der Waals surface area (Å²) in [6, 6.07) is 9.05. The van der Waals surface area contributed by atoms with E-state index in [0.29, 0.717) is 0 Å². The van der Waals surface area contributed by atoms with Crippen molar-refractivity contribution in [2.45, 2.75) is 24.9 Å². The molecule has 0 aliphatic heterocycles. The van der Waals surface area contributed by atoms with Gasteiger partial charge in [0.2, 0.25) is 0 Å². The molecule has 0 fully saturated rings. The molecule has 3 aromatic rings. The highest BCUT2D eigenvalue weighted by Gasteiger charge is 2.38. The zero-order chi connectivity index (χ0) is 26.0. The van der Waals surface area contributed by atoms with Crippen LogP contribution in [-0.4, -0.2) is 33.2 Å². The average molecular weight is 512 g/mol. The highest BCUT2D eigenvalue weighted by molar-refractivity contribution is 7.91. The second kappa shape index (κ2) is 9.86. The minimum Gasteiger partial charge on any atom is -0.494 e. The number of anilines is 1. The van der Waals surface area contributed by atoms with Crippen LogP contribution in [0.4, 0.5) is 23.2 Å². The van der Waals surface area contributed by atoms with Gasteiger partial charge in [-0.3, -0.25) is 4.79 Å². The first-order valence-electron chi connectivity index (χ1n) is 10.0.